The van der Waals surface area contributed by atoms with Crippen LogP contribution >= 0.6 is 0 Å². The largest absolute Gasteiger partial charge is 0.393 e. The summed E-state index contributed by atoms with van der Waals surface area (Å²) in [6.45, 7) is 0. The standard InChI is InChI=1S/C10H11N3O/c1-12-7-9(11)10(14)13(12)8-5-3-2-4-6-8/h2-7H,11H2,1H3. The summed E-state index contributed by atoms with van der Waals surface area (Å²) in [4.78, 5) is 11.6. The van der Waals surface area contributed by atoms with E-state index in [2.05, 4.69) is 0 Å². The molecule has 0 radical (unpaired) electrons. The predicted molar refractivity (Wildman–Crippen MR) is 55.4 cm³/mol. The van der Waals surface area contributed by atoms with Crippen LogP contribution in [0.1, 0.15) is 0 Å². The van der Waals surface area contributed by atoms with E-state index in [1.54, 1.807) is 17.9 Å². The molecule has 2 rings (SSSR count). The van der Waals surface area contributed by atoms with Crippen LogP contribution in [0.3, 0.4) is 0 Å². The lowest BCUT2D eigenvalue weighted by atomic mass is 10.3. The molecular formula is C10H11N3O. The normalized spacial score (nSPS) is 10.4. The van der Waals surface area contributed by atoms with Crippen molar-refractivity contribution in [2.75, 3.05) is 5.73 Å². The summed E-state index contributed by atoms with van der Waals surface area (Å²) in [7, 11) is 1.78. The van der Waals surface area contributed by atoms with Crippen LogP contribution in [-0.4, -0.2) is 9.36 Å². The average molecular weight is 189 g/mol. The van der Waals surface area contributed by atoms with E-state index < -0.39 is 0 Å². The van der Waals surface area contributed by atoms with Crippen LogP contribution < -0.4 is 11.3 Å². The highest BCUT2D eigenvalue weighted by atomic mass is 16.1. The third-order valence-corrected chi connectivity index (χ3v) is 2.08. The molecule has 0 spiro atoms. The number of nitrogens with two attached hydrogens (primary N) is 1. The molecule has 0 saturated carbocycles. The van der Waals surface area contributed by atoms with Gasteiger partial charge < -0.3 is 5.73 Å². The first-order valence-electron chi connectivity index (χ1n) is 4.29. The molecule has 14 heavy (non-hydrogen) atoms. The van der Waals surface area contributed by atoms with Gasteiger partial charge >= 0.3 is 0 Å². The fourth-order valence-electron chi connectivity index (χ4n) is 1.45. The Morgan fingerprint density at radius 1 is 1.21 bits per heavy atom. The Bertz CT molecular complexity index is 496. The zero-order valence-electron chi connectivity index (χ0n) is 7.84. The van der Waals surface area contributed by atoms with Crippen molar-refractivity contribution in [2.45, 2.75) is 0 Å². The number of nitrogen functional groups attached to an aromatic ring is 1. The molecule has 0 bridgehead atoms. The van der Waals surface area contributed by atoms with Gasteiger partial charge in [0.1, 0.15) is 5.69 Å². The van der Waals surface area contributed by atoms with Gasteiger partial charge in [-0.15, -0.1) is 0 Å². The molecule has 0 aliphatic carbocycles. The third-order valence-electron chi connectivity index (χ3n) is 2.08. The number of aromatic nitrogens is 2. The van der Waals surface area contributed by atoms with E-state index in [4.69, 9.17) is 5.73 Å². The summed E-state index contributed by atoms with van der Waals surface area (Å²) in [5, 5.41) is 0. The number of hydrogen-bond donors (Lipinski definition) is 1. The molecule has 2 aromatic rings. The van der Waals surface area contributed by atoms with Gasteiger partial charge in [0.2, 0.25) is 0 Å². The first-order chi connectivity index (χ1) is 6.70. The summed E-state index contributed by atoms with van der Waals surface area (Å²) in [6, 6.07) is 9.39. The summed E-state index contributed by atoms with van der Waals surface area (Å²) >= 11 is 0. The minimum absolute atomic E-state index is 0.182. The van der Waals surface area contributed by atoms with Gasteiger partial charge in [0.25, 0.3) is 5.56 Å². The lowest BCUT2D eigenvalue weighted by Gasteiger charge is -2.05. The van der Waals surface area contributed by atoms with Gasteiger partial charge in [-0.3, -0.25) is 9.48 Å². The lowest BCUT2D eigenvalue weighted by molar-refractivity contribution is 0.646. The van der Waals surface area contributed by atoms with Crippen LogP contribution in [-0.2, 0) is 7.05 Å². The quantitative estimate of drug-likeness (QED) is 0.720. The summed E-state index contributed by atoms with van der Waals surface area (Å²) < 4.78 is 3.20. The molecule has 1 heterocycles. The number of hydrogen-bond acceptors (Lipinski definition) is 2. The fraction of sp³-hybridized carbons (Fsp3) is 0.100. The van der Waals surface area contributed by atoms with Gasteiger partial charge in [0.05, 0.1) is 11.9 Å². The minimum atomic E-state index is -0.182. The minimum Gasteiger partial charge on any atom is -0.393 e. The van der Waals surface area contributed by atoms with E-state index >= 15 is 0 Å². The van der Waals surface area contributed by atoms with Crippen molar-refractivity contribution in [3.63, 3.8) is 0 Å². The van der Waals surface area contributed by atoms with Crippen molar-refractivity contribution in [1.29, 1.82) is 0 Å². The molecule has 4 heteroatoms. The molecular weight excluding hydrogens is 178 g/mol. The molecule has 0 amide bonds. The van der Waals surface area contributed by atoms with Crippen molar-refractivity contribution in [3.8, 4) is 5.69 Å². The monoisotopic (exact) mass is 189 g/mol. The maximum atomic E-state index is 11.6. The van der Waals surface area contributed by atoms with E-state index in [0.29, 0.717) is 0 Å². The number of nitrogens with zero attached hydrogens (tertiary/aromatic N) is 2. The number of anilines is 1. The Morgan fingerprint density at radius 3 is 2.36 bits per heavy atom. The Balaban J connectivity index is 2.69. The highest BCUT2D eigenvalue weighted by Gasteiger charge is 2.06. The molecule has 72 valence electrons. The van der Waals surface area contributed by atoms with Gasteiger partial charge in [0, 0.05) is 7.05 Å². The van der Waals surface area contributed by atoms with Crippen LogP contribution in [0.2, 0.25) is 0 Å². The first kappa shape index (κ1) is 8.62. The van der Waals surface area contributed by atoms with E-state index in [1.807, 2.05) is 30.3 Å². The molecule has 1 aromatic heterocycles. The third kappa shape index (κ3) is 1.21. The van der Waals surface area contributed by atoms with Crippen LogP contribution in [0.15, 0.2) is 41.3 Å². The second-order valence-corrected chi connectivity index (χ2v) is 3.11. The van der Waals surface area contributed by atoms with Gasteiger partial charge in [-0.05, 0) is 12.1 Å². The van der Waals surface area contributed by atoms with E-state index in [9.17, 15) is 4.79 Å². The lowest BCUT2D eigenvalue weighted by Crippen LogP contribution is -2.20. The smallest absolute Gasteiger partial charge is 0.294 e. The van der Waals surface area contributed by atoms with E-state index in [1.165, 1.54) is 4.68 Å². The van der Waals surface area contributed by atoms with Gasteiger partial charge in [-0.2, -0.15) is 0 Å². The number of benzene rings is 1. The summed E-state index contributed by atoms with van der Waals surface area (Å²) in [5.74, 6) is 0. The zero-order valence-corrected chi connectivity index (χ0v) is 7.84. The SMILES string of the molecule is Cn1cc(N)c(=O)n1-c1ccccc1. The molecule has 0 aliphatic rings. The predicted octanol–water partition coefficient (Wildman–Crippen LogP) is 0.758. The van der Waals surface area contributed by atoms with Crippen molar-refractivity contribution in [1.82, 2.24) is 9.36 Å². The number of rotatable bonds is 1. The highest BCUT2D eigenvalue weighted by molar-refractivity contribution is 5.38. The highest BCUT2D eigenvalue weighted by Crippen LogP contribution is 2.05. The Labute approximate surface area is 81.2 Å². The molecule has 0 atom stereocenters. The second kappa shape index (κ2) is 3.06. The van der Waals surface area contributed by atoms with Gasteiger partial charge in [0.15, 0.2) is 0 Å². The fourth-order valence-corrected chi connectivity index (χ4v) is 1.45. The van der Waals surface area contributed by atoms with Gasteiger partial charge in [-0.25, -0.2) is 4.68 Å². The Kier molecular flexibility index (Phi) is 1.89. The number of para-hydroxylation sites is 1. The van der Waals surface area contributed by atoms with Crippen LogP contribution in [0.4, 0.5) is 5.69 Å². The summed E-state index contributed by atoms with van der Waals surface area (Å²) in [5.41, 5.74) is 6.42. The first-order valence-corrected chi connectivity index (χ1v) is 4.29. The Morgan fingerprint density at radius 2 is 1.86 bits per heavy atom. The van der Waals surface area contributed by atoms with Crippen molar-refractivity contribution < 1.29 is 0 Å². The molecule has 0 unspecified atom stereocenters. The topological polar surface area (TPSA) is 52.9 Å². The summed E-state index contributed by atoms with van der Waals surface area (Å²) in [6.07, 6.45) is 1.61. The average Bonchev–Trinajstić information content (AvgIpc) is 2.43. The van der Waals surface area contributed by atoms with Crippen molar-refractivity contribution in [2.24, 2.45) is 7.05 Å². The number of aryl methyl sites for hydroxylation is 1. The molecule has 0 saturated heterocycles. The zero-order chi connectivity index (χ0) is 10.1. The second-order valence-electron chi connectivity index (χ2n) is 3.11. The van der Waals surface area contributed by atoms with Crippen LogP contribution in [0.5, 0.6) is 0 Å². The molecule has 0 fully saturated rings. The molecule has 1 aromatic carbocycles. The van der Waals surface area contributed by atoms with Crippen LogP contribution in [0.25, 0.3) is 5.69 Å². The van der Waals surface area contributed by atoms with Crippen molar-refractivity contribution in [3.05, 3.63) is 46.9 Å². The van der Waals surface area contributed by atoms with Crippen molar-refractivity contribution >= 4 is 5.69 Å². The van der Waals surface area contributed by atoms with E-state index in [0.717, 1.165) is 5.69 Å². The van der Waals surface area contributed by atoms with E-state index in [-0.39, 0.29) is 11.2 Å². The molecule has 2 N–H and O–H groups in total. The Hall–Kier alpha value is -1.97. The molecule has 4 nitrogen and oxygen atoms in total. The maximum Gasteiger partial charge on any atom is 0.294 e. The molecule has 0 aliphatic heterocycles. The maximum absolute atomic E-state index is 11.6. The van der Waals surface area contributed by atoms with Crippen LogP contribution in [0, 0.1) is 0 Å². The van der Waals surface area contributed by atoms with Gasteiger partial charge in [-0.1, -0.05) is 18.2 Å².